The highest BCUT2D eigenvalue weighted by molar-refractivity contribution is 6.28. The van der Waals surface area contributed by atoms with Gasteiger partial charge in [0.1, 0.15) is 6.10 Å². The maximum Gasteiger partial charge on any atom is 0.227 e. The second-order valence-corrected chi connectivity index (χ2v) is 15.1. The monoisotopic (exact) mass is 705 g/mol. The number of ketones is 4. The van der Waals surface area contributed by atoms with Gasteiger partial charge in [-0.1, -0.05) is 174 Å². The number of carbonyl (C=O) groups is 4. The second-order valence-electron chi connectivity index (χ2n) is 15.1. The predicted octanol–water partition coefficient (Wildman–Crippen LogP) is 10.2. The maximum absolute atomic E-state index is 13.4. The molecule has 0 heterocycles. The van der Waals surface area contributed by atoms with Crippen molar-refractivity contribution in [1.82, 2.24) is 0 Å². The van der Waals surface area contributed by atoms with E-state index in [4.69, 9.17) is 0 Å². The van der Waals surface area contributed by atoms with Crippen LogP contribution in [0.2, 0.25) is 0 Å². The van der Waals surface area contributed by atoms with Crippen molar-refractivity contribution >= 4 is 23.1 Å². The quantitative estimate of drug-likeness (QED) is 0.0340. The van der Waals surface area contributed by atoms with Crippen molar-refractivity contribution in [3.05, 3.63) is 12.2 Å². The van der Waals surface area contributed by atoms with Gasteiger partial charge in [-0.3, -0.25) is 19.2 Å². The number of hydrogen-bond donors (Lipinski definition) is 3. The van der Waals surface area contributed by atoms with Gasteiger partial charge in [-0.15, -0.1) is 0 Å². The summed E-state index contributed by atoms with van der Waals surface area (Å²) in [6.07, 6.45) is 33.3. The Bertz CT molecular complexity index is 941. The summed E-state index contributed by atoms with van der Waals surface area (Å²) in [6, 6.07) is 0. The van der Waals surface area contributed by atoms with Crippen LogP contribution < -0.4 is 0 Å². The van der Waals surface area contributed by atoms with Crippen molar-refractivity contribution in [2.75, 3.05) is 0 Å². The Hall–Kier alpha value is -1.70. The molecule has 0 saturated heterocycles. The van der Waals surface area contributed by atoms with Crippen LogP contribution in [0.5, 0.6) is 0 Å². The largest absolute Gasteiger partial charge is 0.385 e. The molecule has 1 aliphatic rings. The lowest BCUT2D eigenvalue weighted by Crippen LogP contribution is -2.71. The van der Waals surface area contributed by atoms with E-state index in [0.717, 1.165) is 57.8 Å². The zero-order valence-corrected chi connectivity index (χ0v) is 32.3. The molecule has 3 N–H and O–H groups in total. The lowest BCUT2D eigenvalue weighted by molar-refractivity contribution is -0.190. The van der Waals surface area contributed by atoms with Gasteiger partial charge in [-0.05, 0) is 38.5 Å². The van der Waals surface area contributed by atoms with Crippen LogP contribution in [0.15, 0.2) is 12.2 Å². The predicted molar refractivity (Wildman–Crippen MR) is 204 cm³/mol. The molecule has 0 amide bonds. The van der Waals surface area contributed by atoms with E-state index < -0.39 is 40.4 Å². The number of Topliss-reactive ketones (excluding diaryl/α,β-unsaturated/α-hetero) is 4. The van der Waals surface area contributed by atoms with Crippen LogP contribution >= 0.6 is 0 Å². The molecular formula is C43H76O7. The summed E-state index contributed by atoms with van der Waals surface area (Å²) in [6.45, 7) is 4.46. The van der Waals surface area contributed by atoms with Crippen LogP contribution in [0.3, 0.4) is 0 Å². The van der Waals surface area contributed by atoms with Crippen molar-refractivity contribution in [2.45, 2.75) is 237 Å². The van der Waals surface area contributed by atoms with Crippen LogP contribution in [0, 0.1) is 0 Å². The standard InChI is InChI=1S/C43H76O7/c1-3-5-7-9-11-13-15-17-18-19-20-22-23-25-27-29-31-33-37(44)41(48)43(50,42(49)39(46)35-36-40(42)47)38(45)34-32-30-28-26-24-21-16-14-12-10-8-6-4-2/h14,16,37,44,49-50H,3-13,15,17-36H2,1-2H3. The van der Waals surface area contributed by atoms with E-state index in [2.05, 4.69) is 26.0 Å². The number of carbonyl (C=O) groups excluding carboxylic acids is 4. The fraction of sp³-hybridized carbons (Fsp3) is 0.860. The summed E-state index contributed by atoms with van der Waals surface area (Å²) in [4.78, 5) is 52.2. The molecule has 7 heteroatoms. The molecule has 0 aliphatic heterocycles. The minimum absolute atomic E-state index is 0.00131. The van der Waals surface area contributed by atoms with Crippen molar-refractivity contribution in [2.24, 2.45) is 0 Å². The summed E-state index contributed by atoms with van der Waals surface area (Å²) in [7, 11) is 0. The van der Waals surface area contributed by atoms with Gasteiger partial charge < -0.3 is 15.3 Å². The highest BCUT2D eigenvalue weighted by atomic mass is 16.4. The SMILES string of the molecule is CCCCCCC=CCCCCCCCC(=O)C(O)(C(=O)C(O)CCCCCCCCCCCCCCCCCCC)C1(O)C(=O)CCC1=O. The summed E-state index contributed by atoms with van der Waals surface area (Å²) in [5.74, 6) is -4.45. The van der Waals surface area contributed by atoms with E-state index in [1.54, 1.807) is 0 Å². The molecule has 1 saturated carbocycles. The van der Waals surface area contributed by atoms with Gasteiger partial charge >= 0.3 is 0 Å². The molecular weight excluding hydrogens is 628 g/mol. The Morgan fingerprint density at radius 1 is 0.600 bits per heavy atom. The first-order chi connectivity index (χ1) is 24.2. The number of rotatable bonds is 35. The molecule has 2 unspecified atom stereocenters. The molecule has 1 rings (SSSR count). The average molecular weight is 705 g/mol. The molecule has 290 valence electrons. The van der Waals surface area contributed by atoms with Crippen molar-refractivity contribution in [3.8, 4) is 0 Å². The van der Waals surface area contributed by atoms with Crippen molar-refractivity contribution < 1.29 is 34.5 Å². The molecule has 0 aromatic rings. The molecule has 0 spiro atoms. The van der Waals surface area contributed by atoms with E-state index in [1.165, 1.54) is 103 Å². The normalized spacial score (nSPS) is 16.3. The summed E-state index contributed by atoms with van der Waals surface area (Å²) >= 11 is 0. The highest BCUT2D eigenvalue weighted by Crippen LogP contribution is 2.37. The lowest BCUT2D eigenvalue weighted by Gasteiger charge is -2.37. The third-order valence-electron chi connectivity index (χ3n) is 10.7. The summed E-state index contributed by atoms with van der Waals surface area (Å²) in [5.41, 5.74) is -6.38. The van der Waals surface area contributed by atoms with Gasteiger partial charge in [0.05, 0.1) is 0 Å². The Morgan fingerprint density at radius 3 is 1.36 bits per heavy atom. The Balaban J connectivity index is 2.38. The average Bonchev–Trinajstić information content (AvgIpc) is 3.38. The van der Waals surface area contributed by atoms with Crippen molar-refractivity contribution in [3.63, 3.8) is 0 Å². The Morgan fingerprint density at radius 2 is 0.940 bits per heavy atom. The zero-order chi connectivity index (χ0) is 36.9. The summed E-state index contributed by atoms with van der Waals surface area (Å²) < 4.78 is 0. The topological polar surface area (TPSA) is 129 Å². The fourth-order valence-electron chi connectivity index (χ4n) is 7.28. The Labute approximate surface area is 305 Å². The molecule has 7 nitrogen and oxygen atoms in total. The van der Waals surface area contributed by atoms with Crippen molar-refractivity contribution in [1.29, 1.82) is 0 Å². The van der Waals surface area contributed by atoms with Gasteiger partial charge in [0, 0.05) is 19.3 Å². The van der Waals surface area contributed by atoms with Crippen LogP contribution in [-0.4, -0.2) is 55.8 Å². The minimum atomic E-state index is -3.26. The van der Waals surface area contributed by atoms with Gasteiger partial charge in [-0.25, -0.2) is 0 Å². The molecule has 0 radical (unpaired) electrons. The van der Waals surface area contributed by atoms with E-state index in [9.17, 15) is 34.5 Å². The third kappa shape index (κ3) is 17.2. The zero-order valence-electron chi connectivity index (χ0n) is 32.3. The molecule has 1 fully saturated rings. The first-order valence-electron chi connectivity index (χ1n) is 21.1. The lowest BCUT2D eigenvalue weighted by atomic mass is 9.71. The van der Waals surface area contributed by atoms with Gasteiger partial charge in [-0.2, -0.15) is 0 Å². The van der Waals surface area contributed by atoms with Crippen LogP contribution in [0.4, 0.5) is 0 Å². The fourth-order valence-corrected chi connectivity index (χ4v) is 7.28. The first-order valence-corrected chi connectivity index (χ1v) is 21.1. The first kappa shape index (κ1) is 46.3. The number of unbranched alkanes of at least 4 members (excludes halogenated alkanes) is 25. The summed E-state index contributed by atoms with van der Waals surface area (Å²) in [5, 5.41) is 33.4. The molecule has 0 bridgehead atoms. The van der Waals surface area contributed by atoms with Crippen LogP contribution in [-0.2, 0) is 19.2 Å². The van der Waals surface area contributed by atoms with Gasteiger partial charge in [0.25, 0.3) is 0 Å². The van der Waals surface area contributed by atoms with E-state index in [0.29, 0.717) is 19.3 Å². The van der Waals surface area contributed by atoms with Gasteiger partial charge in [0.2, 0.25) is 17.0 Å². The van der Waals surface area contributed by atoms with Gasteiger partial charge in [0.15, 0.2) is 17.3 Å². The number of aliphatic hydroxyl groups excluding tert-OH is 1. The van der Waals surface area contributed by atoms with E-state index in [1.807, 2.05) is 0 Å². The Kier molecular flexibility index (Phi) is 26.7. The molecule has 50 heavy (non-hydrogen) atoms. The third-order valence-corrected chi connectivity index (χ3v) is 10.7. The number of aliphatic hydroxyl groups is 3. The molecule has 1 aliphatic carbocycles. The molecule has 0 aromatic carbocycles. The number of hydrogen-bond acceptors (Lipinski definition) is 7. The van der Waals surface area contributed by atoms with E-state index >= 15 is 0 Å². The maximum atomic E-state index is 13.4. The minimum Gasteiger partial charge on any atom is -0.385 e. The smallest absolute Gasteiger partial charge is 0.227 e. The highest BCUT2D eigenvalue weighted by Gasteiger charge is 2.69. The number of allylic oxidation sites excluding steroid dienone is 2. The van der Waals surface area contributed by atoms with Crippen LogP contribution in [0.25, 0.3) is 0 Å². The second kappa shape index (κ2) is 28.8. The molecule has 2 atom stereocenters. The molecule has 0 aromatic heterocycles. The van der Waals surface area contributed by atoms with Crippen LogP contribution in [0.1, 0.15) is 219 Å². The van der Waals surface area contributed by atoms with E-state index in [-0.39, 0.29) is 25.7 Å².